The molecule has 2 unspecified atom stereocenters. The average Bonchev–Trinajstić information content (AvgIpc) is 3.41. The van der Waals surface area contributed by atoms with E-state index in [1.165, 1.54) is 24.3 Å². The van der Waals surface area contributed by atoms with Crippen molar-refractivity contribution in [3.63, 3.8) is 0 Å². The molecule has 0 aliphatic carbocycles. The van der Waals surface area contributed by atoms with Crippen molar-refractivity contribution in [2.24, 2.45) is 0 Å². The minimum Gasteiger partial charge on any atom is -0.460 e. The van der Waals surface area contributed by atoms with Crippen molar-refractivity contribution in [3.8, 4) is 22.4 Å². The molecule has 2 atom stereocenters. The highest BCUT2D eigenvalue weighted by Crippen LogP contribution is 2.43. The Morgan fingerprint density at radius 3 is 2.11 bits per heavy atom. The summed E-state index contributed by atoms with van der Waals surface area (Å²) in [5.41, 5.74) is 3.12. The highest BCUT2D eigenvalue weighted by atomic mass is 19.4. The molecule has 0 radical (unpaired) electrons. The van der Waals surface area contributed by atoms with E-state index in [9.17, 15) is 27.2 Å². The topological polar surface area (TPSA) is 78.8 Å². The summed E-state index contributed by atoms with van der Waals surface area (Å²) in [6.45, 7) is 13.5. The Hall–Kier alpha value is -4.48. The summed E-state index contributed by atoms with van der Waals surface area (Å²) in [7, 11) is 0. The van der Waals surface area contributed by atoms with Crippen molar-refractivity contribution in [1.29, 1.82) is 0 Å². The van der Waals surface area contributed by atoms with Gasteiger partial charge in [-0.2, -0.15) is 13.2 Å². The molecule has 11 heteroatoms. The molecule has 0 saturated carbocycles. The Labute approximate surface area is 308 Å². The van der Waals surface area contributed by atoms with Crippen LogP contribution < -0.4 is 5.32 Å². The quantitative estimate of drug-likeness (QED) is 0.123. The van der Waals surface area contributed by atoms with Crippen molar-refractivity contribution in [2.45, 2.75) is 117 Å². The molecule has 1 amide bonds. The summed E-state index contributed by atoms with van der Waals surface area (Å²) < 4.78 is 74.1. The molecule has 1 N–H and O–H groups in total. The van der Waals surface area contributed by atoms with Crippen LogP contribution in [0, 0.1) is 5.82 Å². The maximum absolute atomic E-state index is 14.4. The van der Waals surface area contributed by atoms with Gasteiger partial charge in [0.2, 0.25) is 0 Å². The average molecular weight is 737 g/mol. The van der Waals surface area contributed by atoms with E-state index in [4.69, 9.17) is 14.2 Å². The van der Waals surface area contributed by atoms with E-state index < -0.39 is 41.0 Å². The molecule has 0 spiro atoms. The summed E-state index contributed by atoms with van der Waals surface area (Å²) in [4.78, 5) is 27.2. The molecule has 3 aromatic carbocycles. The Kier molecular flexibility index (Phi) is 11.9. The van der Waals surface area contributed by atoms with E-state index in [1.54, 1.807) is 12.1 Å². The minimum absolute atomic E-state index is 0.00380. The standard InChI is InChI=1S/C42H48F4N2O5/c1-26(2)37-36(39(50)47-25-27-13-17-30(18-14-27)42(44,45)46)35(28-11-9-8-10-12-28)38(29-15-19-31(43)20-16-29)48(37)22-21-32-23-33(52-41(6,7)51-32)24-34(49)53-40(3,4)5/h8-20,26,32-33H,21-25H2,1-7H3,(H,47,50). The van der Waals surface area contributed by atoms with Crippen molar-refractivity contribution in [2.75, 3.05) is 0 Å². The van der Waals surface area contributed by atoms with Crippen LogP contribution in [0.4, 0.5) is 17.6 Å². The molecule has 0 bridgehead atoms. The molecular weight excluding hydrogens is 688 g/mol. The second-order valence-electron chi connectivity index (χ2n) is 15.2. The summed E-state index contributed by atoms with van der Waals surface area (Å²) in [5.74, 6) is -2.28. The number of hydrogen-bond acceptors (Lipinski definition) is 5. The van der Waals surface area contributed by atoms with Crippen LogP contribution in [0.1, 0.15) is 101 Å². The van der Waals surface area contributed by atoms with Crippen LogP contribution in [0.2, 0.25) is 0 Å². The summed E-state index contributed by atoms with van der Waals surface area (Å²) in [6.07, 6.45) is -4.20. The Bertz CT molecular complexity index is 1880. The van der Waals surface area contributed by atoms with Crippen LogP contribution in [0.25, 0.3) is 22.4 Å². The van der Waals surface area contributed by atoms with Crippen LogP contribution in [0.3, 0.4) is 0 Å². The highest BCUT2D eigenvalue weighted by molar-refractivity contribution is 6.06. The first-order valence-corrected chi connectivity index (χ1v) is 17.9. The minimum atomic E-state index is -4.47. The van der Waals surface area contributed by atoms with Crippen LogP contribution in [-0.4, -0.2) is 40.0 Å². The van der Waals surface area contributed by atoms with Gasteiger partial charge in [-0.25, -0.2) is 4.39 Å². The summed E-state index contributed by atoms with van der Waals surface area (Å²) in [5, 5.41) is 2.96. The number of carbonyl (C=O) groups excluding carboxylic acids is 2. The maximum atomic E-state index is 14.4. The number of benzene rings is 3. The third kappa shape index (κ3) is 10.1. The SMILES string of the molecule is CC(C)c1c(C(=O)NCc2ccc(C(F)(F)F)cc2)c(-c2ccccc2)c(-c2ccc(F)cc2)n1CCC1CC(CC(=O)OC(C)(C)C)OC(C)(C)O1. The fraction of sp³-hybridized carbons (Fsp3) is 0.429. The van der Waals surface area contributed by atoms with Gasteiger partial charge in [-0.05, 0) is 100 Å². The molecule has 53 heavy (non-hydrogen) atoms. The van der Waals surface area contributed by atoms with Gasteiger partial charge in [-0.1, -0.05) is 56.3 Å². The first-order valence-electron chi connectivity index (χ1n) is 17.9. The van der Waals surface area contributed by atoms with E-state index >= 15 is 0 Å². The molecular formula is C42H48F4N2O5. The zero-order chi connectivity index (χ0) is 38.7. The fourth-order valence-electron chi connectivity index (χ4n) is 6.94. The predicted molar refractivity (Wildman–Crippen MR) is 195 cm³/mol. The number of nitrogens with zero attached hydrogens (tertiary/aromatic N) is 1. The van der Waals surface area contributed by atoms with Crippen LogP contribution in [-0.2, 0) is 38.3 Å². The molecule has 1 saturated heterocycles. The van der Waals surface area contributed by atoms with E-state index in [-0.39, 0.29) is 31.0 Å². The Balaban J connectivity index is 1.55. The lowest BCUT2D eigenvalue weighted by molar-refractivity contribution is -0.301. The van der Waals surface area contributed by atoms with Crippen LogP contribution >= 0.6 is 0 Å². The van der Waals surface area contributed by atoms with Gasteiger partial charge in [0.15, 0.2) is 5.79 Å². The van der Waals surface area contributed by atoms with Gasteiger partial charge in [0, 0.05) is 30.8 Å². The Morgan fingerprint density at radius 1 is 0.906 bits per heavy atom. The number of halogens is 4. The number of alkyl halides is 3. The number of ether oxygens (including phenoxy) is 3. The predicted octanol–water partition coefficient (Wildman–Crippen LogP) is 10.1. The zero-order valence-electron chi connectivity index (χ0n) is 31.3. The summed E-state index contributed by atoms with van der Waals surface area (Å²) >= 11 is 0. The van der Waals surface area contributed by atoms with Gasteiger partial charge in [0.25, 0.3) is 5.91 Å². The van der Waals surface area contributed by atoms with E-state index in [0.717, 1.165) is 29.1 Å². The fourth-order valence-corrected chi connectivity index (χ4v) is 6.94. The van der Waals surface area contributed by atoms with E-state index in [2.05, 4.69) is 9.88 Å². The van der Waals surface area contributed by atoms with Gasteiger partial charge in [-0.3, -0.25) is 9.59 Å². The lowest BCUT2D eigenvalue weighted by Crippen LogP contribution is -2.46. The number of aromatic nitrogens is 1. The maximum Gasteiger partial charge on any atom is 0.416 e. The molecule has 2 heterocycles. The summed E-state index contributed by atoms with van der Waals surface area (Å²) in [6, 6.07) is 20.3. The number of hydrogen-bond donors (Lipinski definition) is 1. The molecule has 1 aliphatic rings. The zero-order valence-corrected chi connectivity index (χ0v) is 31.3. The molecule has 284 valence electrons. The normalized spacial score (nSPS) is 17.5. The number of amides is 1. The van der Waals surface area contributed by atoms with Crippen LogP contribution in [0.15, 0.2) is 78.9 Å². The number of esters is 1. The smallest absolute Gasteiger partial charge is 0.416 e. The molecule has 4 aromatic rings. The van der Waals surface area contributed by atoms with Crippen LogP contribution in [0.5, 0.6) is 0 Å². The van der Waals surface area contributed by atoms with Crippen molar-refractivity contribution in [3.05, 3.63) is 107 Å². The van der Waals surface area contributed by atoms with Crippen molar-refractivity contribution >= 4 is 11.9 Å². The second kappa shape index (κ2) is 15.9. The number of nitrogens with one attached hydrogen (secondary N) is 1. The molecule has 1 aliphatic heterocycles. The molecule has 5 rings (SSSR count). The second-order valence-corrected chi connectivity index (χ2v) is 15.2. The monoisotopic (exact) mass is 736 g/mol. The third-order valence-corrected chi connectivity index (χ3v) is 8.91. The lowest BCUT2D eigenvalue weighted by Gasteiger charge is -2.41. The number of rotatable bonds is 11. The third-order valence-electron chi connectivity index (χ3n) is 8.91. The molecule has 1 aromatic heterocycles. The highest BCUT2D eigenvalue weighted by Gasteiger charge is 2.38. The van der Waals surface area contributed by atoms with Gasteiger partial charge < -0.3 is 24.1 Å². The first-order chi connectivity index (χ1) is 24.8. The van der Waals surface area contributed by atoms with Gasteiger partial charge in [-0.15, -0.1) is 0 Å². The Morgan fingerprint density at radius 2 is 1.53 bits per heavy atom. The van der Waals surface area contributed by atoms with E-state index in [1.807, 2.05) is 78.8 Å². The number of carbonyl (C=O) groups is 2. The van der Waals surface area contributed by atoms with Gasteiger partial charge in [0.1, 0.15) is 11.4 Å². The molecule has 1 fully saturated rings. The molecule has 7 nitrogen and oxygen atoms in total. The largest absolute Gasteiger partial charge is 0.460 e. The van der Waals surface area contributed by atoms with E-state index in [0.29, 0.717) is 41.6 Å². The van der Waals surface area contributed by atoms with Crippen molar-refractivity contribution < 1.29 is 41.4 Å². The lowest BCUT2D eigenvalue weighted by atomic mass is 9.94. The van der Waals surface area contributed by atoms with Gasteiger partial charge in [0.05, 0.1) is 35.4 Å². The van der Waals surface area contributed by atoms with Gasteiger partial charge >= 0.3 is 12.1 Å². The van der Waals surface area contributed by atoms with Crippen molar-refractivity contribution in [1.82, 2.24) is 9.88 Å². The first kappa shape index (κ1) is 39.7.